The molecule has 1 amide bonds. The van der Waals surface area contributed by atoms with Crippen LogP contribution in [-0.2, 0) is 17.8 Å². The number of aromatic nitrogens is 1. The Morgan fingerprint density at radius 3 is 2.89 bits per heavy atom. The molecule has 1 aromatic heterocycles. The fourth-order valence-corrected chi connectivity index (χ4v) is 3.96. The second kappa shape index (κ2) is 7.34. The summed E-state index contributed by atoms with van der Waals surface area (Å²) in [6, 6.07) is 14.8. The zero-order valence-corrected chi connectivity index (χ0v) is 15.7. The molecule has 144 valence electrons. The van der Waals surface area contributed by atoms with Crippen molar-refractivity contribution in [1.82, 2.24) is 9.88 Å². The number of carbonyl (C=O) groups excluding carboxylic acids is 1. The first-order valence-electron chi connectivity index (χ1n) is 9.30. The number of nitro benzene ring substituents is 1. The van der Waals surface area contributed by atoms with Gasteiger partial charge in [0.15, 0.2) is 0 Å². The summed E-state index contributed by atoms with van der Waals surface area (Å²) in [7, 11) is 2.08. The highest BCUT2D eigenvalue weighted by atomic mass is 16.6. The average molecular weight is 378 g/mol. The third-order valence-electron chi connectivity index (χ3n) is 5.31. The third kappa shape index (κ3) is 3.55. The predicted octanol–water partition coefficient (Wildman–Crippen LogP) is 2.97. The number of anilines is 1. The first-order chi connectivity index (χ1) is 13.5. The first kappa shape index (κ1) is 18.0. The van der Waals surface area contributed by atoms with Crippen molar-refractivity contribution < 1.29 is 9.72 Å². The summed E-state index contributed by atoms with van der Waals surface area (Å²) in [6.07, 6.45) is 2.75. The quantitative estimate of drug-likeness (QED) is 0.547. The number of rotatable bonds is 5. The maximum Gasteiger partial charge on any atom is 0.270 e. The van der Waals surface area contributed by atoms with E-state index in [2.05, 4.69) is 35.5 Å². The molecule has 0 saturated heterocycles. The Balaban J connectivity index is 1.38. The molecule has 0 aliphatic carbocycles. The molecule has 0 unspecified atom stereocenters. The SMILES string of the molecule is CN1C[C@H](CNC(=O)Cn2ccc3cc([N+](=O)[O-])ccc32)Cc2ccccc21. The molecule has 1 aliphatic heterocycles. The van der Waals surface area contributed by atoms with Crippen molar-refractivity contribution in [2.45, 2.75) is 13.0 Å². The van der Waals surface area contributed by atoms with Gasteiger partial charge < -0.3 is 14.8 Å². The molecule has 7 nitrogen and oxygen atoms in total. The highest BCUT2D eigenvalue weighted by molar-refractivity contribution is 5.85. The van der Waals surface area contributed by atoms with Crippen LogP contribution in [-0.4, -0.2) is 35.5 Å². The lowest BCUT2D eigenvalue weighted by Crippen LogP contribution is -2.40. The van der Waals surface area contributed by atoms with Crippen LogP contribution in [0.4, 0.5) is 11.4 Å². The van der Waals surface area contributed by atoms with E-state index in [4.69, 9.17) is 0 Å². The predicted molar refractivity (Wildman–Crippen MR) is 109 cm³/mol. The molecule has 2 aromatic carbocycles. The second-order valence-corrected chi connectivity index (χ2v) is 7.33. The number of fused-ring (bicyclic) bond motifs is 2. The van der Waals surface area contributed by atoms with E-state index in [1.807, 2.05) is 10.6 Å². The van der Waals surface area contributed by atoms with Crippen molar-refractivity contribution in [3.63, 3.8) is 0 Å². The van der Waals surface area contributed by atoms with Crippen LogP contribution in [0.25, 0.3) is 10.9 Å². The Kier molecular flexibility index (Phi) is 4.73. The van der Waals surface area contributed by atoms with E-state index < -0.39 is 4.92 Å². The van der Waals surface area contributed by atoms with Crippen LogP contribution in [0.1, 0.15) is 5.56 Å². The molecule has 4 rings (SSSR count). The Morgan fingerprint density at radius 2 is 2.07 bits per heavy atom. The molecule has 0 fully saturated rings. The summed E-state index contributed by atoms with van der Waals surface area (Å²) < 4.78 is 1.82. The summed E-state index contributed by atoms with van der Waals surface area (Å²) in [5, 5.41) is 14.7. The summed E-state index contributed by atoms with van der Waals surface area (Å²) in [5.74, 6) is 0.310. The average Bonchev–Trinajstić information content (AvgIpc) is 3.08. The molecule has 7 heteroatoms. The van der Waals surface area contributed by atoms with Gasteiger partial charge in [0, 0.05) is 55.1 Å². The number of amides is 1. The van der Waals surface area contributed by atoms with Crippen LogP contribution in [0.3, 0.4) is 0 Å². The van der Waals surface area contributed by atoms with Crippen LogP contribution >= 0.6 is 0 Å². The van der Waals surface area contributed by atoms with Crippen LogP contribution in [0.2, 0.25) is 0 Å². The van der Waals surface area contributed by atoms with E-state index >= 15 is 0 Å². The van der Waals surface area contributed by atoms with E-state index in [-0.39, 0.29) is 18.1 Å². The molecule has 0 spiro atoms. The molecule has 28 heavy (non-hydrogen) atoms. The molecule has 1 aliphatic rings. The van der Waals surface area contributed by atoms with Crippen LogP contribution in [0, 0.1) is 16.0 Å². The van der Waals surface area contributed by atoms with Crippen LogP contribution in [0.5, 0.6) is 0 Å². The minimum Gasteiger partial charge on any atom is -0.374 e. The van der Waals surface area contributed by atoms with Gasteiger partial charge in [0.1, 0.15) is 6.54 Å². The lowest BCUT2D eigenvalue weighted by atomic mass is 9.93. The molecular weight excluding hydrogens is 356 g/mol. The Hall–Kier alpha value is -3.35. The summed E-state index contributed by atoms with van der Waals surface area (Å²) in [5.41, 5.74) is 3.44. The van der Waals surface area contributed by atoms with Gasteiger partial charge in [0.2, 0.25) is 5.91 Å². The standard InChI is InChI=1S/C21H22N4O3/c1-23-13-15(10-16-4-2-3-5-19(16)23)12-22-21(26)14-24-9-8-17-11-18(25(27)28)6-7-20(17)24/h2-9,11,15H,10,12-14H2,1H3,(H,22,26)/t15-/m0/s1. The molecule has 0 bridgehead atoms. The molecule has 2 heterocycles. The molecule has 0 saturated carbocycles. The number of benzene rings is 2. The highest BCUT2D eigenvalue weighted by Crippen LogP contribution is 2.28. The van der Waals surface area contributed by atoms with Crippen molar-refractivity contribution >= 4 is 28.2 Å². The van der Waals surface area contributed by atoms with Gasteiger partial charge in [-0.25, -0.2) is 0 Å². The Labute approximate surface area is 162 Å². The van der Waals surface area contributed by atoms with Gasteiger partial charge in [-0.3, -0.25) is 14.9 Å². The maximum absolute atomic E-state index is 12.4. The van der Waals surface area contributed by atoms with E-state index in [0.717, 1.165) is 23.9 Å². The van der Waals surface area contributed by atoms with Gasteiger partial charge in [0.05, 0.1) is 4.92 Å². The molecule has 3 aromatic rings. The monoisotopic (exact) mass is 378 g/mol. The number of carbonyl (C=O) groups is 1. The molecule has 0 radical (unpaired) electrons. The number of non-ortho nitro benzene ring substituents is 1. The van der Waals surface area contributed by atoms with Crippen LogP contribution in [0.15, 0.2) is 54.7 Å². The molecule has 1 N–H and O–H groups in total. The van der Waals surface area contributed by atoms with Crippen molar-refractivity contribution in [3.8, 4) is 0 Å². The van der Waals surface area contributed by atoms with Gasteiger partial charge in [-0.15, -0.1) is 0 Å². The lowest BCUT2D eigenvalue weighted by Gasteiger charge is -2.33. The lowest BCUT2D eigenvalue weighted by molar-refractivity contribution is -0.384. The van der Waals surface area contributed by atoms with Crippen molar-refractivity contribution in [3.05, 3.63) is 70.4 Å². The number of nitrogens with zero attached hydrogens (tertiary/aromatic N) is 3. The first-order valence-corrected chi connectivity index (χ1v) is 9.30. The van der Waals surface area contributed by atoms with Gasteiger partial charge in [0.25, 0.3) is 5.69 Å². The smallest absolute Gasteiger partial charge is 0.270 e. The number of hydrogen-bond acceptors (Lipinski definition) is 4. The van der Waals surface area contributed by atoms with E-state index in [1.54, 1.807) is 18.3 Å². The second-order valence-electron chi connectivity index (χ2n) is 7.33. The fraction of sp³-hybridized carbons (Fsp3) is 0.286. The van der Waals surface area contributed by atoms with Gasteiger partial charge in [-0.1, -0.05) is 18.2 Å². The van der Waals surface area contributed by atoms with E-state index in [0.29, 0.717) is 12.5 Å². The minimum atomic E-state index is -0.414. The molecule has 1 atom stereocenters. The molecular formula is C21H22N4O3. The zero-order valence-electron chi connectivity index (χ0n) is 15.7. The maximum atomic E-state index is 12.4. The van der Waals surface area contributed by atoms with Gasteiger partial charge >= 0.3 is 0 Å². The highest BCUT2D eigenvalue weighted by Gasteiger charge is 2.22. The fourth-order valence-electron chi connectivity index (χ4n) is 3.96. The van der Waals surface area contributed by atoms with Gasteiger partial charge in [-0.2, -0.15) is 0 Å². The number of para-hydroxylation sites is 1. The largest absolute Gasteiger partial charge is 0.374 e. The number of nitro groups is 1. The van der Waals surface area contributed by atoms with E-state index in [1.165, 1.54) is 23.4 Å². The zero-order chi connectivity index (χ0) is 19.7. The van der Waals surface area contributed by atoms with E-state index in [9.17, 15) is 14.9 Å². The normalized spacial score (nSPS) is 16.0. The summed E-state index contributed by atoms with van der Waals surface area (Å²) in [6.45, 7) is 1.73. The topological polar surface area (TPSA) is 80.4 Å². The van der Waals surface area contributed by atoms with Crippen molar-refractivity contribution in [1.29, 1.82) is 0 Å². The Morgan fingerprint density at radius 1 is 1.25 bits per heavy atom. The third-order valence-corrected chi connectivity index (χ3v) is 5.31. The Bertz CT molecular complexity index is 1040. The van der Waals surface area contributed by atoms with Crippen molar-refractivity contribution in [2.75, 3.05) is 25.0 Å². The minimum absolute atomic E-state index is 0.0522. The van der Waals surface area contributed by atoms with Gasteiger partial charge in [-0.05, 0) is 36.1 Å². The summed E-state index contributed by atoms with van der Waals surface area (Å²) >= 11 is 0. The number of nitrogens with one attached hydrogen (secondary N) is 1. The van der Waals surface area contributed by atoms with Crippen molar-refractivity contribution in [2.24, 2.45) is 5.92 Å². The summed E-state index contributed by atoms with van der Waals surface area (Å²) in [4.78, 5) is 25.2. The van der Waals surface area contributed by atoms with Crippen LogP contribution < -0.4 is 10.2 Å². The number of hydrogen-bond donors (Lipinski definition) is 1.